The average molecular weight is 362 g/mol. The van der Waals surface area contributed by atoms with Crippen LogP contribution >= 0.6 is 15.9 Å². The van der Waals surface area contributed by atoms with Gasteiger partial charge in [0, 0.05) is 10.2 Å². The molecule has 1 N–H and O–H groups in total. The third-order valence-corrected chi connectivity index (χ3v) is 4.86. The molecule has 0 saturated carbocycles. The molecule has 0 aromatic heterocycles. The van der Waals surface area contributed by atoms with Gasteiger partial charge in [-0.05, 0) is 42.8 Å². The highest BCUT2D eigenvalue weighted by molar-refractivity contribution is 9.10. The van der Waals surface area contributed by atoms with Crippen LogP contribution in [0.3, 0.4) is 0 Å². The van der Waals surface area contributed by atoms with Gasteiger partial charge >= 0.3 is 0 Å². The van der Waals surface area contributed by atoms with Gasteiger partial charge in [0.1, 0.15) is 0 Å². The van der Waals surface area contributed by atoms with Crippen molar-refractivity contribution in [2.75, 3.05) is 4.72 Å². The fourth-order valence-corrected chi connectivity index (χ4v) is 2.95. The second-order valence-corrected chi connectivity index (χ2v) is 6.68. The van der Waals surface area contributed by atoms with Crippen LogP contribution in [0.15, 0.2) is 45.8 Å². The Kier molecular flexibility index (Phi) is 4.10. The smallest absolute Gasteiger partial charge is 0.261 e. The molecule has 0 radical (unpaired) electrons. The lowest BCUT2D eigenvalue weighted by atomic mass is 10.2. The van der Waals surface area contributed by atoms with E-state index in [-0.39, 0.29) is 4.90 Å². The molecule has 2 rings (SSSR count). The second kappa shape index (κ2) is 5.49. The fraction of sp³-hybridized carbons (Fsp3) is 0.0769. The summed E-state index contributed by atoms with van der Waals surface area (Å²) in [6, 6.07) is 7.32. The number of halogens is 3. The van der Waals surface area contributed by atoms with Crippen molar-refractivity contribution in [1.29, 1.82) is 0 Å². The summed E-state index contributed by atoms with van der Waals surface area (Å²) in [7, 11) is -3.96. The minimum absolute atomic E-state index is 0.326. The van der Waals surface area contributed by atoms with Crippen molar-refractivity contribution < 1.29 is 17.2 Å². The van der Waals surface area contributed by atoms with Gasteiger partial charge in [0.25, 0.3) is 10.0 Å². The molecule has 0 unspecified atom stereocenters. The van der Waals surface area contributed by atoms with Gasteiger partial charge in [0.15, 0.2) is 11.6 Å². The third-order valence-electron chi connectivity index (χ3n) is 2.63. The van der Waals surface area contributed by atoms with E-state index in [0.29, 0.717) is 11.8 Å². The summed E-state index contributed by atoms with van der Waals surface area (Å²) < 4.78 is 53.0. The second-order valence-electron chi connectivity index (χ2n) is 4.15. The van der Waals surface area contributed by atoms with Crippen LogP contribution in [0.5, 0.6) is 0 Å². The molecule has 0 amide bonds. The minimum Gasteiger partial charge on any atom is -0.280 e. The molecule has 2 aromatic rings. The highest BCUT2D eigenvalue weighted by Crippen LogP contribution is 2.23. The predicted molar refractivity (Wildman–Crippen MR) is 76.0 cm³/mol. The summed E-state index contributed by atoms with van der Waals surface area (Å²) in [6.07, 6.45) is 0. The summed E-state index contributed by atoms with van der Waals surface area (Å²) in [6.45, 7) is 1.86. The van der Waals surface area contributed by atoms with Gasteiger partial charge in [-0.15, -0.1) is 0 Å². The fourth-order valence-electron chi connectivity index (χ4n) is 1.51. The molecule has 7 heteroatoms. The number of anilines is 1. The first-order valence-corrected chi connectivity index (χ1v) is 7.81. The lowest BCUT2D eigenvalue weighted by Gasteiger charge is -2.09. The number of hydrogen-bond donors (Lipinski definition) is 1. The van der Waals surface area contributed by atoms with Gasteiger partial charge in [-0.2, -0.15) is 0 Å². The van der Waals surface area contributed by atoms with E-state index in [1.807, 2.05) is 6.92 Å². The Bertz CT molecular complexity index is 763. The molecule has 0 saturated heterocycles. The van der Waals surface area contributed by atoms with Gasteiger partial charge in [-0.3, -0.25) is 4.72 Å². The van der Waals surface area contributed by atoms with Crippen LogP contribution in [0, 0.1) is 18.6 Å². The maximum atomic E-state index is 13.1. The Labute approximate surface area is 123 Å². The molecular weight excluding hydrogens is 352 g/mol. The van der Waals surface area contributed by atoms with Gasteiger partial charge in [0.2, 0.25) is 0 Å². The first-order valence-electron chi connectivity index (χ1n) is 5.53. The molecule has 0 bridgehead atoms. The van der Waals surface area contributed by atoms with Gasteiger partial charge in [-0.1, -0.05) is 22.0 Å². The summed E-state index contributed by atoms with van der Waals surface area (Å²) in [5.74, 6) is -2.31. The van der Waals surface area contributed by atoms with E-state index in [2.05, 4.69) is 20.7 Å². The Morgan fingerprint density at radius 3 is 2.35 bits per heavy atom. The number of sulfonamides is 1. The Morgan fingerprint density at radius 1 is 1.05 bits per heavy atom. The van der Waals surface area contributed by atoms with Crippen LogP contribution in [0.4, 0.5) is 14.5 Å². The molecule has 0 spiro atoms. The first-order chi connectivity index (χ1) is 9.29. The largest absolute Gasteiger partial charge is 0.280 e. The summed E-state index contributed by atoms with van der Waals surface area (Å²) in [5, 5.41) is 0. The third kappa shape index (κ3) is 3.16. The SMILES string of the molecule is Cc1ccc(NS(=O)(=O)c2ccc(F)c(F)c2)cc1Br. The van der Waals surface area contributed by atoms with Gasteiger partial charge in [-0.25, -0.2) is 17.2 Å². The Morgan fingerprint density at radius 2 is 1.75 bits per heavy atom. The number of rotatable bonds is 3. The molecule has 2 aromatic carbocycles. The molecule has 0 atom stereocenters. The first kappa shape index (κ1) is 14.9. The van der Waals surface area contributed by atoms with Crippen LogP contribution in [-0.4, -0.2) is 8.42 Å². The minimum atomic E-state index is -3.96. The van der Waals surface area contributed by atoms with Crippen LogP contribution in [0.2, 0.25) is 0 Å². The molecular formula is C13H10BrF2NO2S. The number of hydrogen-bond acceptors (Lipinski definition) is 2. The maximum absolute atomic E-state index is 13.1. The summed E-state index contributed by atoms with van der Waals surface area (Å²) in [5.41, 5.74) is 1.27. The van der Waals surface area contributed by atoms with Crippen molar-refractivity contribution in [3.05, 3.63) is 58.1 Å². The number of aryl methyl sites for hydroxylation is 1. The Hall–Kier alpha value is -1.47. The molecule has 3 nitrogen and oxygen atoms in total. The molecule has 0 heterocycles. The molecule has 0 aliphatic heterocycles. The molecule has 106 valence electrons. The summed E-state index contributed by atoms with van der Waals surface area (Å²) >= 11 is 3.29. The molecule has 0 fully saturated rings. The van der Waals surface area contributed by atoms with E-state index in [0.717, 1.165) is 22.2 Å². The van der Waals surface area contributed by atoms with Crippen LogP contribution < -0.4 is 4.72 Å². The number of benzene rings is 2. The van der Waals surface area contributed by atoms with Crippen molar-refractivity contribution in [3.8, 4) is 0 Å². The lowest BCUT2D eigenvalue weighted by Crippen LogP contribution is -2.13. The van der Waals surface area contributed by atoms with E-state index in [9.17, 15) is 17.2 Å². The van der Waals surface area contributed by atoms with E-state index in [1.54, 1.807) is 18.2 Å². The monoisotopic (exact) mass is 361 g/mol. The topological polar surface area (TPSA) is 46.2 Å². The van der Waals surface area contributed by atoms with Crippen LogP contribution in [0.25, 0.3) is 0 Å². The summed E-state index contributed by atoms with van der Waals surface area (Å²) in [4.78, 5) is -0.340. The van der Waals surface area contributed by atoms with Crippen molar-refractivity contribution in [2.24, 2.45) is 0 Å². The van der Waals surface area contributed by atoms with E-state index < -0.39 is 21.7 Å². The molecule has 0 aliphatic rings. The molecule has 20 heavy (non-hydrogen) atoms. The van der Waals surface area contributed by atoms with Crippen molar-refractivity contribution >= 4 is 31.6 Å². The average Bonchev–Trinajstić information content (AvgIpc) is 2.37. The highest BCUT2D eigenvalue weighted by atomic mass is 79.9. The van der Waals surface area contributed by atoms with E-state index >= 15 is 0 Å². The normalized spacial score (nSPS) is 11.4. The number of nitrogens with one attached hydrogen (secondary N) is 1. The van der Waals surface area contributed by atoms with E-state index in [4.69, 9.17) is 0 Å². The molecule has 0 aliphatic carbocycles. The predicted octanol–water partition coefficient (Wildman–Crippen LogP) is 3.84. The highest BCUT2D eigenvalue weighted by Gasteiger charge is 2.16. The zero-order chi connectivity index (χ0) is 14.9. The van der Waals surface area contributed by atoms with Gasteiger partial charge < -0.3 is 0 Å². The zero-order valence-corrected chi connectivity index (χ0v) is 12.7. The Balaban J connectivity index is 2.35. The van der Waals surface area contributed by atoms with Gasteiger partial charge in [0.05, 0.1) is 4.90 Å². The van der Waals surface area contributed by atoms with E-state index in [1.165, 1.54) is 0 Å². The van der Waals surface area contributed by atoms with Crippen molar-refractivity contribution in [3.63, 3.8) is 0 Å². The lowest BCUT2D eigenvalue weighted by molar-refractivity contribution is 0.504. The van der Waals surface area contributed by atoms with Crippen molar-refractivity contribution in [1.82, 2.24) is 0 Å². The van der Waals surface area contributed by atoms with Crippen molar-refractivity contribution in [2.45, 2.75) is 11.8 Å². The standard InChI is InChI=1S/C13H10BrF2NO2S/c1-8-2-3-9(6-11(8)14)17-20(18,19)10-4-5-12(15)13(16)7-10/h2-7,17H,1H3. The quantitative estimate of drug-likeness (QED) is 0.902. The van der Waals surface area contributed by atoms with Crippen LogP contribution in [0.1, 0.15) is 5.56 Å². The zero-order valence-electron chi connectivity index (χ0n) is 10.3. The maximum Gasteiger partial charge on any atom is 0.261 e. The van der Waals surface area contributed by atoms with Crippen LogP contribution in [-0.2, 0) is 10.0 Å².